The summed E-state index contributed by atoms with van der Waals surface area (Å²) in [7, 11) is 4.75. The van der Waals surface area contributed by atoms with Gasteiger partial charge in [-0.2, -0.15) is 5.10 Å². The molecule has 0 saturated carbocycles. The van der Waals surface area contributed by atoms with Crippen LogP contribution in [-0.4, -0.2) is 29.9 Å². The largest absolute Gasteiger partial charge is 0.497 e. The van der Waals surface area contributed by atoms with Crippen LogP contribution in [0.4, 0.5) is 11.4 Å². The molecule has 7 nitrogen and oxygen atoms in total. The fraction of sp³-hybridized carbons (Fsp3) is 0.231. The Morgan fingerprint density at radius 1 is 1.35 bits per heavy atom. The number of rotatable bonds is 4. The molecule has 2 aromatic rings. The molecule has 0 spiro atoms. The van der Waals surface area contributed by atoms with Gasteiger partial charge < -0.3 is 20.5 Å². The molecule has 0 aliphatic carbocycles. The van der Waals surface area contributed by atoms with E-state index in [0.29, 0.717) is 17.2 Å². The first-order valence-electron chi connectivity index (χ1n) is 5.86. The third-order valence-electron chi connectivity index (χ3n) is 2.78. The average Bonchev–Trinajstić information content (AvgIpc) is 2.84. The number of methoxy groups -OCH3 is 2. The second kappa shape index (κ2) is 5.52. The second-order valence-electron chi connectivity index (χ2n) is 4.15. The van der Waals surface area contributed by atoms with Crippen molar-refractivity contribution in [1.82, 2.24) is 9.78 Å². The van der Waals surface area contributed by atoms with E-state index in [0.717, 1.165) is 0 Å². The molecule has 0 atom stereocenters. The van der Waals surface area contributed by atoms with Crippen LogP contribution >= 0.6 is 0 Å². The summed E-state index contributed by atoms with van der Waals surface area (Å²) in [6, 6.07) is 3.18. The van der Waals surface area contributed by atoms with Crippen LogP contribution in [0.1, 0.15) is 10.4 Å². The number of hydrogen-bond donors (Lipinski definition) is 2. The molecule has 0 fully saturated rings. The van der Waals surface area contributed by atoms with Gasteiger partial charge in [-0.25, -0.2) is 0 Å². The normalized spacial score (nSPS) is 10.2. The molecule has 0 bridgehead atoms. The highest BCUT2D eigenvalue weighted by Gasteiger charge is 2.16. The molecular formula is C13H16N4O3. The molecule has 1 aromatic heterocycles. The van der Waals surface area contributed by atoms with Crippen LogP contribution in [0, 0.1) is 0 Å². The van der Waals surface area contributed by atoms with Crippen LogP contribution in [0.2, 0.25) is 0 Å². The van der Waals surface area contributed by atoms with Gasteiger partial charge in [0.15, 0.2) is 0 Å². The van der Waals surface area contributed by atoms with E-state index in [-0.39, 0.29) is 17.2 Å². The molecular weight excluding hydrogens is 260 g/mol. The second-order valence-corrected chi connectivity index (χ2v) is 4.15. The Morgan fingerprint density at radius 2 is 2.10 bits per heavy atom. The molecule has 0 aliphatic rings. The summed E-state index contributed by atoms with van der Waals surface area (Å²) in [4.78, 5) is 12.2. The van der Waals surface area contributed by atoms with Gasteiger partial charge in [0, 0.05) is 19.3 Å². The third kappa shape index (κ3) is 2.66. The number of nitrogens with zero attached hydrogens (tertiary/aromatic N) is 2. The fourth-order valence-electron chi connectivity index (χ4n) is 1.76. The quantitative estimate of drug-likeness (QED) is 0.821. The molecule has 1 aromatic carbocycles. The van der Waals surface area contributed by atoms with Crippen molar-refractivity contribution in [3.05, 3.63) is 30.1 Å². The highest BCUT2D eigenvalue weighted by molar-refractivity contribution is 6.08. The Bertz CT molecular complexity index is 637. The van der Waals surface area contributed by atoms with E-state index >= 15 is 0 Å². The Hall–Kier alpha value is -2.70. The van der Waals surface area contributed by atoms with Crippen molar-refractivity contribution >= 4 is 17.3 Å². The lowest BCUT2D eigenvalue weighted by molar-refractivity contribution is 0.102. The number of ether oxygens (including phenoxy) is 2. The maximum Gasteiger partial charge on any atom is 0.258 e. The number of nitrogen functional groups attached to an aromatic ring is 1. The maximum absolute atomic E-state index is 12.2. The van der Waals surface area contributed by atoms with E-state index in [2.05, 4.69) is 10.4 Å². The van der Waals surface area contributed by atoms with Gasteiger partial charge in [0.2, 0.25) is 0 Å². The minimum atomic E-state index is -0.354. The zero-order valence-electron chi connectivity index (χ0n) is 11.5. The standard InChI is InChI=1S/C13H16N4O3/c1-17-7-8(6-15-17)16-13(18)10-4-9(19-2)5-11(20-3)12(10)14/h4-7H,14H2,1-3H3,(H,16,18). The van der Waals surface area contributed by atoms with Gasteiger partial charge in [-0.05, 0) is 6.07 Å². The predicted molar refractivity (Wildman–Crippen MR) is 75.1 cm³/mol. The lowest BCUT2D eigenvalue weighted by Crippen LogP contribution is -2.14. The predicted octanol–water partition coefficient (Wildman–Crippen LogP) is 1.27. The lowest BCUT2D eigenvalue weighted by Gasteiger charge is -2.12. The molecule has 106 valence electrons. The third-order valence-corrected chi connectivity index (χ3v) is 2.78. The summed E-state index contributed by atoms with van der Waals surface area (Å²) in [6.07, 6.45) is 3.23. The Labute approximate surface area is 116 Å². The van der Waals surface area contributed by atoms with Crippen molar-refractivity contribution in [3.63, 3.8) is 0 Å². The number of benzene rings is 1. The van der Waals surface area contributed by atoms with Gasteiger partial charge in [0.25, 0.3) is 5.91 Å². The van der Waals surface area contributed by atoms with Crippen molar-refractivity contribution in [1.29, 1.82) is 0 Å². The van der Waals surface area contributed by atoms with Crippen LogP contribution in [0.5, 0.6) is 11.5 Å². The minimum absolute atomic E-state index is 0.259. The van der Waals surface area contributed by atoms with E-state index in [1.165, 1.54) is 14.2 Å². The minimum Gasteiger partial charge on any atom is -0.497 e. The molecule has 3 N–H and O–H groups in total. The molecule has 1 amide bonds. The first-order valence-corrected chi connectivity index (χ1v) is 5.86. The number of amides is 1. The number of carbonyl (C=O) groups is 1. The highest BCUT2D eigenvalue weighted by Crippen LogP contribution is 2.31. The van der Waals surface area contributed by atoms with E-state index in [1.54, 1.807) is 36.3 Å². The zero-order valence-corrected chi connectivity index (χ0v) is 11.5. The number of aromatic nitrogens is 2. The fourth-order valence-corrected chi connectivity index (χ4v) is 1.76. The highest BCUT2D eigenvalue weighted by atomic mass is 16.5. The van der Waals surface area contributed by atoms with Crippen LogP contribution < -0.4 is 20.5 Å². The topological polar surface area (TPSA) is 91.4 Å². The summed E-state index contributed by atoms with van der Waals surface area (Å²) < 4.78 is 11.8. The molecule has 2 rings (SSSR count). The lowest BCUT2D eigenvalue weighted by atomic mass is 10.1. The molecule has 0 unspecified atom stereocenters. The number of carbonyl (C=O) groups excluding carboxylic acids is 1. The zero-order chi connectivity index (χ0) is 14.7. The summed E-state index contributed by atoms with van der Waals surface area (Å²) >= 11 is 0. The molecule has 0 aliphatic heterocycles. The Kier molecular flexibility index (Phi) is 3.79. The first-order chi connectivity index (χ1) is 9.55. The first kappa shape index (κ1) is 13.7. The van der Waals surface area contributed by atoms with E-state index in [1.807, 2.05) is 0 Å². The Morgan fingerprint density at radius 3 is 2.65 bits per heavy atom. The summed E-state index contributed by atoms with van der Waals surface area (Å²) in [5.41, 5.74) is 7.04. The van der Waals surface area contributed by atoms with E-state index in [4.69, 9.17) is 15.2 Å². The molecule has 7 heteroatoms. The van der Waals surface area contributed by atoms with Gasteiger partial charge in [-0.15, -0.1) is 0 Å². The molecule has 20 heavy (non-hydrogen) atoms. The van der Waals surface area contributed by atoms with E-state index < -0.39 is 0 Å². The Balaban J connectivity index is 2.33. The van der Waals surface area contributed by atoms with Crippen LogP contribution in [0.15, 0.2) is 24.5 Å². The van der Waals surface area contributed by atoms with Gasteiger partial charge in [0.05, 0.1) is 37.4 Å². The molecule has 0 saturated heterocycles. The van der Waals surface area contributed by atoms with E-state index in [9.17, 15) is 4.79 Å². The number of anilines is 2. The SMILES string of the molecule is COc1cc(OC)c(N)c(C(=O)Nc2cnn(C)c2)c1. The van der Waals surface area contributed by atoms with Crippen molar-refractivity contribution in [2.75, 3.05) is 25.3 Å². The number of nitrogens with two attached hydrogens (primary N) is 1. The summed E-state index contributed by atoms with van der Waals surface area (Å²) in [5.74, 6) is 0.528. The summed E-state index contributed by atoms with van der Waals surface area (Å²) in [6.45, 7) is 0. The van der Waals surface area contributed by atoms with Crippen LogP contribution in [-0.2, 0) is 7.05 Å². The average molecular weight is 276 g/mol. The number of nitrogens with one attached hydrogen (secondary N) is 1. The van der Waals surface area contributed by atoms with Gasteiger partial charge in [-0.1, -0.05) is 0 Å². The van der Waals surface area contributed by atoms with Gasteiger partial charge in [0.1, 0.15) is 11.5 Å². The van der Waals surface area contributed by atoms with Crippen molar-refractivity contribution < 1.29 is 14.3 Å². The maximum atomic E-state index is 12.2. The smallest absolute Gasteiger partial charge is 0.258 e. The molecule has 0 radical (unpaired) electrons. The summed E-state index contributed by atoms with van der Waals surface area (Å²) in [5, 5.41) is 6.68. The van der Waals surface area contributed by atoms with Crippen LogP contribution in [0.25, 0.3) is 0 Å². The monoisotopic (exact) mass is 276 g/mol. The van der Waals surface area contributed by atoms with Crippen LogP contribution in [0.3, 0.4) is 0 Å². The van der Waals surface area contributed by atoms with Crippen molar-refractivity contribution in [3.8, 4) is 11.5 Å². The van der Waals surface area contributed by atoms with Crippen molar-refractivity contribution in [2.24, 2.45) is 7.05 Å². The number of hydrogen-bond acceptors (Lipinski definition) is 5. The van der Waals surface area contributed by atoms with Gasteiger partial charge >= 0.3 is 0 Å². The number of aryl methyl sites for hydroxylation is 1. The van der Waals surface area contributed by atoms with Crippen molar-refractivity contribution in [2.45, 2.75) is 0 Å². The van der Waals surface area contributed by atoms with Gasteiger partial charge in [-0.3, -0.25) is 9.48 Å². The molecule has 1 heterocycles.